The maximum absolute atomic E-state index is 9.59. The molecule has 122 valence electrons. The first-order valence-electron chi connectivity index (χ1n) is 8.05. The topological polar surface area (TPSA) is 33.0 Å². The van der Waals surface area contributed by atoms with E-state index in [1.807, 2.05) is 49.4 Å². The van der Waals surface area contributed by atoms with Crippen LogP contribution in [0.25, 0.3) is 5.57 Å². The molecule has 0 saturated carbocycles. The van der Waals surface area contributed by atoms with Crippen molar-refractivity contribution in [2.24, 2.45) is 11.8 Å². The fraction of sp³-hybridized carbons (Fsp3) is 0.227. The van der Waals surface area contributed by atoms with Crippen molar-refractivity contribution in [2.45, 2.75) is 13.8 Å². The van der Waals surface area contributed by atoms with Crippen LogP contribution in [0, 0.1) is 23.2 Å². The lowest BCUT2D eigenvalue weighted by Crippen LogP contribution is -2.19. The number of nitriles is 1. The highest BCUT2D eigenvalue weighted by molar-refractivity contribution is 5.76. The normalized spacial score (nSPS) is 21.4. The molecule has 0 aliphatic heterocycles. The van der Waals surface area contributed by atoms with Crippen LogP contribution in [0.4, 0.5) is 0 Å². The standard InChI is InChI=1S/C22H23NO/c1-5-6-8-11-16(2)20-14-19(15-23)17(3)21(22(20)24-4)18-12-9-7-10-13-18/h5-14,17,19H,1H2,2-4H3/b8-6-,16-11+/t17-,19?/m0/s1. The smallest absolute Gasteiger partial charge is 0.130 e. The van der Waals surface area contributed by atoms with Crippen molar-refractivity contribution < 1.29 is 4.74 Å². The monoisotopic (exact) mass is 317 g/mol. The molecule has 0 heterocycles. The summed E-state index contributed by atoms with van der Waals surface area (Å²) in [5.41, 5.74) is 4.23. The van der Waals surface area contributed by atoms with Crippen LogP contribution in [0.3, 0.4) is 0 Å². The average molecular weight is 317 g/mol. The largest absolute Gasteiger partial charge is 0.496 e. The molecule has 0 fully saturated rings. The molecule has 1 unspecified atom stereocenters. The maximum Gasteiger partial charge on any atom is 0.130 e. The number of hydrogen-bond donors (Lipinski definition) is 0. The lowest BCUT2D eigenvalue weighted by molar-refractivity contribution is 0.297. The molecule has 24 heavy (non-hydrogen) atoms. The van der Waals surface area contributed by atoms with Gasteiger partial charge in [-0.25, -0.2) is 0 Å². The van der Waals surface area contributed by atoms with Gasteiger partial charge in [-0.05, 0) is 18.1 Å². The minimum Gasteiger partial charge on any atom is -0.496 e. The Labute approximate surface area is 144 Å². The number of hydrogen-bond acceptors (Lipinski definition) is 2. The van der Waals surface area contributed by atoms with E-state index < -0.39 is 0 Å². The van der Waals surface area contributed by atoms with Gasteiger partial charge >= 0.3 is 0 Å². The van der Waals surface area contributed by atoms with Gasteiger partial charge in [-0.2, -0.15) is 5.26 Å². The van der Waals surface area contributed by atoms with Crippen molar-refractivity contribution in [1.82, 2.24) is 0 Å². The van der Waals surface area contributed by atoms with Crippen molar-refractivity contribution in [3.8, 4) is 6.07 Å². The van der Waals surface area contributed by atoms with Gasteiger partial charge < -0.3 is 4.74 Å². The van der Waals surface area contributed by atoms with E-state index in [1.54, 1.807) is 13.2 Å². The third kappa shape index (κ3) is 3.58. The molecule has 2 atom stereocenters. The number of nitrogens with zero attached hydrogens (tertiary/aromatic N) is 1. The average Bonchev–Trinajstić information content (AvgIpc) is 2.61. The fourth-order valence-corrected chi connectivity index (χ4v) is 2.99. The van der Waals surface area contributed by atoms with E-state index in [0.29, 0.717) is 0 Å². The van der Waals surface area contributed by atoms with Crippen LogP contribution in [0.1, 0.15) is 19.4 Å². The fourth-order valence-electron chi connectivity index (χ4n) is 2.99. The first-order chi connectivity index (χ1) is 11.6. The first-order valence-corrected chi connectivity index (χ1v) is 8.05. The maximum atomic E-state index is 9.59. The van der Waals surface area contributed by atoms with Gasteiger partial charge in [0.1, 0.15) is 5.76 Å². The summed E-state index contributed by atoms with van der Waals surface area (Å²) < 4.78 is 5.78. The molecule has 0 bridgehead atoms. The van der Waals surface area contributed by atoms with E-state index in [4.69, 9.17) is 4.74 Å². The minimum absolute atomic E-state index is 0.0765. The Morgan fingerprint density at radius 1 is 1.25 bits per heavy atom. The molecule has 0 aromatic heterocycles. The summed E-state index contributed by atoms with van der Waals surface area (Å²) in [5, 5.41) is 9.59. The first kappa shape index (κ1) is 17.6. The van der Waals surface area contributed by atoms with Crippen LogP contribution in [-0.2, 0) is 4.74 Å². The Morgan fingerprint density at radius 3 is 2.54 bits per heavy atom. The Hall–Kier alpha value is -2.79. The van der Waals surface area contributed by atoms with E-state index in [-0.39, 0.29) is 11.8 Å². The zero-order valence-electron chi connectivity index (χ0n) is 14.5. The molecule has 0 radical (unpaired) electrons. The van der Waals surface area contributed by atoms with Gasteiger partial charge in [0.05, 0.1) is 19.1 Å². The molecule has 1 aromatic rings. The Bertz CT molecular complexity index is 757. The van der Waals surface area contributed by atoms with Crippen molar-refractivity contribution in [2.75, 3.05) is 7.11 Å². The Morgan fingerprint density at radius 2 is 1.96 bits per heavy atom. The quantitative estimate of drug-likeness (QED) is 0.677. The van der Waals surface area contributed by atoms with Gasteiger partial charge in [-0.3, -0.25) is 0 Å². The SMILES string of the molecule is C=C/C=C\C=C(/C)C1=CC(C#N)[C@H](C)C(c2ccccc2)=C1OC. The van der Waals surface area contributed by atoms with E-state index in [1.165, 1.54) is 0 Å². The second kappa shape index (κ2) is 8.17. The van der Waals surface area contributed by atoms with Crippen molar-refractivity contribution in [1.29, 1.82) is 5.26 Å². The van der Waals surface area contributed by atoms with E-state index in [2.05, 4.69) is 31.7 Å². The molecular formula is C22H23NO. The Kier molecular flexibility index (Phi) is 5.98. The number of methoxy groups -OCH3 is 1. The molecular weight excluding hydrogens is 294 g/mol. The van der Waals surface area contributed by atoms with Crippen molar-refractivity contribution in [3.63, 3.8) is 0 Å². The van der Waals surface area contributed by atoms with Crippen LogP contribution in [0.5, 0.6) is 0 Å². The predicted octanol–water partition coefficient (Wildman–Crippen LogP) is 5.45. The van der Waals surface area contributed by atoms with Gasteiger partial charge in [-0.1, -0.05) is 74.2 Å². The summed E-state index contributed by atoms with van der Waals surface area (Å²) in [6, 6.07) is 12.6. The summed E-state index contributed by atoms with van der Waals surface area (Å²) in [6.07, 6.45) is 9.59. The van der Waals surface area contributed by atoms with Gasteiger partial charge in [0.2, 0.25) is 0 Å². The summed E-state index contributed by atoms with van der Waals surface area (Å²) in [5.74, 6) is 0.745. The second-order valence-electron chi connectivity index (χ2n) is 5.81. The molecule has 0 amide bonds. The van der Waals surface area contributed by atoms with Gasteiger partial charge in [0, 0.05) is 17.1 Å². The molecule has 2 heteroatoms. The predicted molar refractivity (Wildman–Crippen MR) is 99.8 cm³/mol. The highest BCUT2D eigenvalue weighted by Gasteiger charge is 2.31. The third-order valence-electron chi connectivity index (χ3n) is 4.29. The van der Waals surface area contributed by atoms with Crippen molar-refractivity contribution in [3.05, 3.63) is 89.8 Å². The summed E-state index contributed by atoms with van der Waals surface area (Å²) >= 11 is 0. The summed E-state index contributed by atoms with van der Waals surface area (Å²) in [6.45, 7) is 7.80. The number of allylic oxidation sites excluding steroid dienone is 7. The zero-order chi connectivity index (χ0) is 17.5. The van der Waals surface area contributed by atoms with Crippen LogP contribution in [-0.4, -0.2) is 7.11 Å². The van der Waals surface area contributed by atoms with Crippen LogP contribution < -0.4 is 0 Å². The molecule has 1 aromatic carbocycles. The van der Waals surface area contributed by atoms with E-state index in [0.717, 1.165) is 28.0 Å². The number of rotatable bonds is 5. The Balaban J connectivity index is 2.62. The highest BCUT2D eigenvalue weighted by atomic mass is 16.5. The second-order valence-corrected chi connectivity index (χ2v) is 5.81. The number of benzene rings is 1. The van der Waals surface area contributed by atoms with Gasteiger partial charge in [0.25, 0.3) is 0 Å². The lowest BCUT2D eigenvalue weighted by Gasteiger charge is -2.29. The summed E-state index contributed by atoms with van der Waals surface area (Å²) in [7, 11) is 1.69. The molecule has 2 nitrogen and oxygen atoms in total. The van der Waals surface area contributed by atoms with Gasteiger partial charge in [-0.15, -0.1) is 0 Å². The van der Waals surface area contributed by atoms with Crippen LogP contribution in [0.2, 0.25) is 0 Å². The zero-order valence-corrected chi connectivity index (χ0v) is 14.5. The van der Waals surface area contributed by atoms with E-state index >= 15 is 0 Å². The van der Waals surface area contributed by atoms with Gasteiger partial charge in [0.15, 0.2) is 0 Å². The molecule has 1 aliphatic rings. The van der Waals surface area contributed by atoms with Crippen LogP contribution in [0.15, 0.2) is 84.2 Å². The summed E-state index contributed by atoms with van der Waals surface area (Å²) in [4.78, 5) is 0. The third-order valence-corrected chi connectivity index (χ3v) is 4.29. The van der Waals surface area contributed by atoms with E-state index in [9.17, 15) is 5.26 Å². The molecule has 1 aliphatic carbocycles. The highest BCUT2D eigenvalue weighted by Crippen LogP contribution is 2.42. The lowest BCUT2D eigenvalue weighted by atomic mass is 9.76. The molecule has 0 saturated heterocycles. The van der Waals surface area contributed by atoms with Crippen LogP contribution >= 0.6 is 0 Å². The van der Waals surface area contributed by atoms with Crippen molar-refractivity contribution >= 4 is 5.57 Å². The number of ether oxygens (including phenoxy) is 1. The minimum atomic E-state index is -0.180. The molecule has 0 N–H and O–H groups in total. The molecule has 2 rings (SSSR count). The molecule has 0 spiro atoms.